The lowest BCUT2D eigenvalue weighted by molar-refractivity contribution is 0.491. The average molecular weight is 250 g/mol. The number of hydrogen-bond donors (Lipinski definition) is 1. The van der Waals surface area contributed by atoms with Crippen molar-refractivity contribution in [3.63, 3.8) is 0 Å². The normalized spacial score (nSPS) is 14.5. The minimum atomic E-state index is -0.292. The van der Waals surface area contributed by atoms with Gasteiger partial charge >= 0.3 is 0 Å². The predicted molar refractivity (Wildman–Crippen MR) is 68.5 cm³/mol. The first-order chi connectivity index (χ1) is 8.16. The zero-order valence-corrected chi connectivity index (χ0v) is 10.7. The fourth-order valence-electron chi connectivity index (χ4n) is 1.75. The van der Waals surface area contributed by atoms with Gasteiger partial charge in [0.1, 0.15) is 5.82 Å². The van der Waals surface area contributed by atoms with Gasteiger partial charge in [-0.1, -0.05) is 0 Å². The third kappa shape index (κ3) is 3.11. The molecule has 0 aliphatic rings. The van der Waals surface area contributed by atoms with Crippen LogP contribution in [0, 0.1) is 5.82 Å². The van der Waals surface area contributed by atoms with E-state index in [2.05, 4.69) is 34.1 Å². The van der Waals surface area contributed by atoms with E-state index in [1.807, 2.05) is 6.92 Å². The lowest BCUT2D eigenvalue weighted by atomic mass is 10.1. The van der Waals surface area contributed by atoms with E-state index in [1.54, 1.807) is 17.5 Å². The molecule has 0 saturated carbocycles. The molecule has 1 N–H and O–H groups in total. The summed E-state index contributed by atoms with van der Waals surface area (Å²) in [5.41, 5.74) is 2.12. The van der Waals surface area contributed by atoms with Crippen LogP contribution >= 0.6 is 11.3 Å². The van der Waals surface area contributed by atoms with Crippen LogP contribution in [0.3, 0.4) is 0 Å². The fourth-order valence-corrected chi connectivity index (χ4v) is 2.51. The van der Waals surface area contributed by atoms with E-state index in [9.17, 15) is 4.39 Å². The van der Waals surface area contributed by atoms with E-state index in [1.165, 1.54) is 17.8 Å². The van der Waals surface area contributed by atoms with Crippen molar-refractivity contribution in [2.75, 3.05) is 0 Å². The zero-order valence-electron chi connectivity index (χ0n) is 9.85. The summed E-state index contributed by atoms with van der Waals surface area (Å²) in [5.74, 6) is -0.292. The Balaban J connectivity index is 2.04. The van der Waals surface area contributed by atoms with Crippen molar-refractivity contribution in [3.05, 3.63) is 52.2 Å². The Morgan fingerprint density at radius 3 is 2.65 bits per heavy atom. The number of aromatic nitrogens is 1. The molecular weight excluding hydrogens is 235 g/mol. The molecule has 0 spiro atoms. The third-order valence-electron chi connectivity index (χ3n) is 2.77. The van der Waals surface area contributed by atoms with E-state index in [0.29, 0.717) is 0 Å². The minimum absolute atomic E-state index is 0.0769. The summed E-state index contributed by atoms with van der Waals surface area (Å²) in [7, 11) is 0. The fraction of sp³-hybridized carbons (Fsp3) is 0.308. The van der Waals surface area contributed by atoms with Crippen LogP contribution in [0.4, 0.5) is 4.39 Å². The maximum Gasteiger partial charge on any atom is 0.141 e. The van der Waals surface area contributed by atoms with E-state index < -0.39 is 0 Å². The largest absolute Gasteiger partial charge is 0.304 e. The van der Waals surface area contributed by atoms with E-state index in [-0.39, 0.29) is 17.9 Å². The monoisotopic (exact) mass is 250 g/mol. The van der Waals surface area contributed by atoms with Gasteiger partial charge in [-0.25, -0.2) is 4.39 Å². The van der Waals surface area contributed by atoms with Crippen molar-refractivity contribution < 1.29 is 4.39 Å². The first-order valence-electron chi connectivity index (χ1n) is 5.55. The van der Waals surface area contributed by atoms with Gasteiger partial charge in [0.2, 0.25) is 0 Å². The van der Waals surface area contributed by atoms with E-state index >= 15 is 0 Å². The molecule has 2 atom stereocenters. The van der Waals surface area contributed by atoms with Crippen molar-refractivity contribution in [1.82, 2.24) is 10.3 Å². The standard InChI is InChI=1S/C13H15FN2S/c1-9(11-3-4-17-8-11)16-10(2)12-5-13(14)7-15-6-12/h3-10,16H,1-2H3. The molecule has 2 heterocycles. The van der Waals surface area contributed by atoms with Gasteiger partial charge in [-0.05, 0) is 47.9 Å². The molecule has 2 aromatic rings. The second kappa shape index (κ2) is 5.38. The highest BCUT2D eigenvalue weighted by atomic mass is 32.1. The summed E-state index contributed by atoms with van der Waals surface area (Å²) in [4.78, 5) is 3.86. The zero-order chi connectivity index (χ0) is 12.3. The highest BCUT2D eigenvalue weighted by molar-refractivity contribution is 7.07. The first-order valence-corrected chi connectivity index (χ1v) is 6.49. The van der Waals surface area contributed by atoms with Crippen LogP contribution in [-0.2, 0) is 0 Å². The van der Waals surface area contributed by atoms with Crippen LogP contribution in [0.2, 0.25) is 0 Å². The van der Waals surface area contributed by atoms with Gasteiger partial charge in [0, 0.05) is 18.3 Å². The van der Waals surface area contributed by atoms with Crippen LogP contribution in [0.5, 0.6) is 0 Å². The lowest BCUT2D eigenvalue weighted by Crippen LogP contribution is -2.22. The molecule has 0 saturated heterocycles. The van der Waals surface area contributed by atoms with Crippen LogP contribution in [0.25, 0.3) is 0 Å². The average Bonchev–Trinajstić information content (AvgIpc) is 2.82. The maximum atomic E-state index is 13.0. The first kappa shape index (κ1) is 12.2. The Labute approximate surface area is 105 Å². The Morgan fingerprint density at radius 2 is 2.00 bits per heavy atom. The van der Waals surface area contributed by atoms with Gasteiger partial charge in [0.25, 0.3) is 0 Å². The predicted octanol–water partition coefficient (Wildman–Crippen LogP) is 3.69. The number of hydrogen-bond acceptors (Lipinski definition) is 3. The highest BCUT2D eigenvalue weighted by Crippen LogP contribution is 2.20. The van der Waals surface area contributed by atoms with E-state index in [4.69, 9.17) is 0 Å². The molecule has 2 rings (SSSR count). The Hall–Kier alpha value is -1.26. The molecule has 17 heavy (non-hydrogen) atoms. The lowest BCUT2D eigenvalue weighted by Gasteiger charge is -2.19. The Bertz CT molecular complexity index is 470. The quantitative estimate of drug-likeness (QED) is 0.895. The summed E-state index contributed by atoms with van der Waals surface area (Å²) in [6.07, 6.45) is 2.92. The minimum Gasteiger partial charge on any atom is -0.304 e. The van der Waals surface area contributed by atoms with Crippen LogP contribution in [0.1, 0.15) is 37.1 Å². The number of nitrogens with one attached hydrogen (secondary N) is 1. The summed E-state index contributed by atoms with van der Waals surface area (Å²) in [5, 5.41) is 7.60. The molecule has 0 aliphatic heterocycles. The van der Waals surface area contributed by atoms with Gasteiger partial charge < -0.3 is 5.32 Å². The number of pyridine rings is 1. The second-order valence-electron chi connectivity index (χ2n) is 4.10. The molecule has 0 amide bonds. The van der Waals surface area contributed by atoms with Gasteiger partial charge in [0.15, 0.2) is 0 Å². The van der Waals surface area contributed by atoms with Crippen LogP contribution in [0.15, 0.2) is 35.3 Å². The molecule has 0 bridgehead atoms. The van der Waals surface area contributed by atoms with E-state index in [0.717, 1.165) is 5.56 Å². The van der Waals surface area contributed by atoms with Gasteiger partial charge in [-0.2, -0.15) is 11.3 Å². The Kier molecular flexibility index (Phi) is 3.86. The number of rotatable bonds is 4. The summed E-state index contributed by atoms with van der Waals surface area (Å²) in [6, 6.07) is 3.94. The molecule has 0 fully saturated rings. The molecule has 0 radical (unpaired) electrons. The summed E-state index contributed by atoms with van der Waals surface area (Å²) in [6.45, 7) is 4.12. The number of halogens is 1. The van der Waals surface area contributed by atoms with Crippen molar-refractivity contribution in [3.8, 4) is 0 Å². The topological polar surface area (TPSA) is 24.9 Å². The second-order valence-corrected chi connectivity index (χ2v) is 4.88. The summed E-state index contributed by atoms with van der Waals surface area (Å²) >= 11 is 1.68. The highest BCUT2D eigenvalue weighted by Gasteiger charge is 2.12. The SMILES string of the molecule is CC(NC(C)c1cncc(F)c1)c1ccsc1. The molecule has 2 aromatic heterocycles. The maximum absolute atomic E-state index is 13.0. The van der Waals surface area contributed by atoms with Crippen molar-refractivity contribution in [1.29, 1.82) is 0 Å². The molecular formula is C13H15FN2S. The van der Waals surface area contributed by atoms with Crippen molar-refractivity contribution in [2.24, 2.45) is 0 Å². The van der Waals surface area contributed by atoms with Gasteiger partial charge in [-0.15, -0.1) is 0 Å². The van der Waals surface area contributed by atoms with Crippen molar-refractivity contribution in [2.45, 2.75) is 25.9 Å². The van der Waals surface area contributed by atoms with Gasteiger partial charge in [-0.3, -0.25) is 4.98 Å². The third-order valence-corrected chi connectivity index (χ3v) is 3.47. The molecule has 90 valence electrons. The molecule has 2 nitrogen and oxygen atoms in total. The Morgan fingerprint density at radius 1 is 1.24 bits per heavy atom. The smallest absolute Gasteiger partial charge is 0.141 e. The van der Waals surface area contributed by atoms with Crippen molar-refractivity contribution >= 4 is 11.3 Å². The molecule has 0 aromatic carbocycles. The summed E-state index contributed by atoms with van der Waals surface area (Å²) < 4.78 is 13.0. The number of nitrogens with zero attached hydrogens (tertiary/aromatic N) is 1. The number of thiophene rings is 1. The van der Waals surface area contributed by atoms with Crippen LogP contribution in [-0.4, -0.2) is 4.98 Å². The molecule has 2 unspecified atom stereocenters. The molecule has 4 heteroatoms. The molecule has 0 aliphatic carbocycles. The van der Waals surface area contributed by atoms with Crippen LogP contribution < -0.4 is 5.32 Å². The van der Waals surface area contributed by atoms with Gasteiger partial charge in [0.05, 0.1) is 6.20 Å².